The molecule has 1 fully saturated rings. The number of hydrogen-bond acceptors (Lipinski definition) is 3. The van der Waals surface area contributed by atoms with E-state index in [1.807, 2.05) is 0 Å². The standard InChI is InChI=1S/C19H25BO3/c1-11-8-13-16(15-10-12(2)19(13,7)21-15)14(9-11)20-22-17(3,4)18(5,6)23-20/h8-10,15H,1-7H3. The van der Waals surface area contributed by atoms with Crippen LogP contribution in [0.4, 0.5) is 0 Å². The van der Waals surface area contributed by atoms with Crippen molar-refractivity contribution in [2.45, 2.75) is 71.4 Å². The molecule has 0 spiro atoms. The molecule has 3 aliphatic heterocycles. The van der Waals surface area contributed by atoms with Gasteiger partial charge in [0, 0.05) is 0 Å². The van der Waals surface area contributed by atoms with Gasteiger partial charge in [0.25, 0.3) is 0 Å². The van der Waals surface area contributed by atoms with Gasteiger partial charge in [-0.2, -0.15) is 0 Å². The molecule has 4 rings (SSSR count). The van der Waals surface area contributed by atoms with Crippen LogP contribution in [0.1, 0.15) is 64.3 Å². The van der Waals surface area contributed by atoms with Crippen molar-refractivity contribution in [3.63, 3.8) is 0 Å². The van der Waals surface area contributed by atoms with Gasteiger partial charge in [-0.25, -0.2) is 0 Å². The van der Waals surface area contributed by atoms with E-state index in [-0.39, 0.29) is 30.0 Å². The lowest BCUT2D eigenvalue weighted by atomic mass is 9.69. The van der Waals surface area contributed by atoms with E-state index in [2.05, 4.69) is 66.7 Å². The first-order valence-corrected chi connectivity index (χ1v) is 8.42. The summed E-state index contributed by atoms with van der Waals surface area (Å²) in [6, 6.07) is 4.44. The Labute approximate surface area is 139 Å². The molecule has 0 aliphatic carbocycles. The summed E-state index contributed by atoms with van der Waals surface area (Å²) in [6.45, 7) is 14.8. The monoisotopic (exact) mass is 312 g/mol. The Kier molecular flexibility index (Phi) is 2.88. The van der Waals surface area contributed by atoms with Gasteiger partial charge in [0.1, 0.15) is 11.7 Å². The Morgan fingerprint density at radius 1 is 0.957 bits per heavy atom. The highest BCUT2D eigenvalue weighted by Crippen LogP contribution is 2.53. The lowest BCUT2D eigenvalue weighted by Crippen LogP contribution is -2.41. The van der Waals surface area contributed by atoms with Gasteiger partial charge in [0.15, 0.2) is 0 Å². The van der Waals surface area contributed by atoms with Crippen molar-refractivity contribution in [1.29, 1.82) is 0 Å². The molecule has 3 heterocycles. The van der Waals surface area contributed by atoms with Crippen LogP contribution in [0.5, 0.6) is 0 Å². The molecular formula is C19H25BO3. The van der Waals surface area contributed by atoms with E-state index in [1.54, 1.807) is 0 Å². The van der Waals surface area contributed by atoms with Crippen molar-refractivity contribution >= 4 is 12.6 Å². The van der Waals surface area contributed by atoms with Crippen molar-refractivity contribution < 1.29 is 14.0 Å². The fourth-order valence-corrected chi connectivity index (χ4v) is 3.89. The third-order valence-corrected chi connectivity index (χ3v) is 6.18. The molecule has 0 radical (unpaired) electrons. The summed E-state index contributed by atoms with van der Waals surface area (Å²) in [5.41, 5.74) is 5.18. The first-order valence-electron chi connectivity index (χ1n) is 8.42. The van der Waals surface area contributed by atoms with Crippen LogP contribution in [-0.4, -0.2) is 18.3 Å². The summed E-state index contributed by atoms with van der Waals surface area (Å²) in [5.74, 6) is 0. The molecule has 1 saturated heterocycles. The highest BCUT2D eigenvalue weighted by atomic mass is 16.7. The van der Waals surface area contributed by atoms with Crippen LogP contribution in [0.25, 0.3) is 0 Å². The number of ether oxygens (including phenoxy) is 1. The first-order chi connectivity index (χ1) is 10.6. The lowest BCUT2D eigenvalue weighted by molar-refractivity contribution is 0.00519. The van der Waals surface area contributed by atoms with Crippen LogP contribution < -0.4 is 5.46 Å². The maximum atomic E-state index is 6.30. The number of benzene rings is 1. The van der Waals surface area contributed by atoms with Crippen LogP contribution in [0.2, 0.25) is 0 Å². The molecule has 0 N–H and O–H groups in total. The second-order valence-electron chi connectivity index (χ2n) is 8.33. The topological polar surface area (TPSA) is 27.7 Å². The number of aryl methyl sites for hydroxylation is 1. The zero-order valence-corrected chi connectivity index (χ0v) is 15.1. The lowest BCUT2D eigenvalue weighted by Gasteiger charge is -2.32. The zero-order chi connectivity index (χ0) is 16.8. The molecular weight excluding hydrogens is 287 g/mol. The minimum absolute atomic E-state index is 0.0182. The van der Waals surface area contributed by atoms with E-state index in [9.17, 15) is 0 Å². The SMILES string of the molecule is CC1=CC2OC1(C)c1cc(C)cc(B3OC(C)(C)C(C)(C)O3)c12. The normalized spacial score (nSPS) is 33.1. The van der Waals surface area contributed by atoms with Gasteiger partial charge in [-0.15, -0.1) is 0 Å². The van der Waals surface area contributed by atoms with Crippen LogP contribution in [0.3, 0.4) is 0 Å². The second kappa shape index (κ2) is 4.30. The largest absolute Gasteiger partial charge is 0.495 e. The average molecular weight is 312 g/mol. The smallest absolute Gasteiger partial charge is 0.399 e. The first kappa shape index (κ1) is 15.4. The number of rotatable bonds is 1. The Hall–Kier alpha value is -1.10. The predicted octanol–water partition coefficient (Wildman–Crippen LogP) is 3.54. The quantitative estimate of drug-likeness (QED) is 0.586. The number of hydrogen-bond donors (Lipinski definition) is 0. The summed E-state index contributed by atoms with van der Waals surface area (Å²) in [7, 11) is -0.339. The fourth-order valence-electron chi connectivity index (χ4n) is 3.89. The van der Waals surface area contributed by atoms with Crippen LogP contribution in [0.15, 0.2) is 23.8 Å². The Morgan fingerprint density at radius 2 is 1.57 bits per heavy atom. The summed E-state index contributed by atoms with van der Waals surface area (Å²) < 4.78 is 18.9. The van der Waals surface area contributed by atoms with E-state index < -0.39 is 0 Å². The third-order valence-electron chi connectivity index (χ3n) is 6.18. The van der Waals surface area contributed by atoms with Gasteiger partial charge >= 0.3 is 7.12 Å². The predicted molar refractivity (Wildman–Crippen MR) is 91.8 cm³/mol. The van der Waals surface area contributed by atoms with Gasteiger partial charge in [0.2, 0.25) is 0 Å². The van der Waals surface area contributed by atoms with E-state index >= 15 is 0 Å². The van der Waals surface area contributed by atoms with Crippen molar-refractivity contribution in [2.24, 2.45) is 0 Å². The second-order valence-corrected chi connectivity index (χ2v) is 8.33. The van der Waals surface area contributed by atoms with Crippen LogP contribution in [-0.2, 0) is 19.6 Å². The maximum Gasteiger partial charge on any atom is 0.495 e. The minimum atomic E-state index is -0.339. The molecule has 122 valence electrons. The minimum Gasteiger partial charge on any atom is -0.399 e. The molecule has 23 heavy (non-hydrogen) atoms. The maximum absolute atomic E-state index is 6.30. The molecule has 1 aromatic rings. The zero-order valence-electron chi connectivity index (χ0n) is 15.1. The van der Waals surface area contributed by atoms with E-state index in [0.29, 0.717) is 0 Å². The Morgan fingerprint density at radius 3 is 2.17 bits per heavy atom. The molecule has 2 unspecified atom stereocenters. The van der Waals surface area contributed by atoms with Gasteiger partial charge in [-0.1, -0.05) is 17.7 Å². The molecule has 0 amide bonds. The van der Waals surface area contributed by atoms with Crippen LogP contribution in [0, 0.1) is 6.92 Å². The van der Waals surface area contributed by atoms with Crippen molar-refractivity contribution in [2.75, 3.05) is 0 Å². The Balaban J connectivity index is 1.85. The molecule has 0 aromatic heterocycles. The van der Waals surface area contributed by atoms with Gasteiger partial charge in [-0.3, -0.25) is 0 Å². The van der Waals surface area contributed by atoms with E-state index in [0.717, 1.165) is 5.46 Å². The molecule has 0 saturated carbocycles. The van der Waals surface area contributed by atoms with E-state index in [1.165, 1.54) is 22.3 Å². The average Bonchev–Trinajstić information content (AvgIpc) is 2.94. The molecule has 2 atom stereocenters. The molecule has 4 heteroatoms. The van der Waals surface area contributed by atoms with Crippen molar-refractivity contribution in [3.05, 3.63) is 40.5 Å². The third kappa shape index (κ3) is 1.89. The fraction of sp³-hybridized carbons (Fsp3) is 0.579. The number of fused-ring (bicyclic) bond motifs is 5. The molecule has 1 aromatic carbocycles. The highest BCUT2D eigenvalue weighted by Gasteiger charge is 2.55. The van der Waals surface area contributed by atoms with Crippen molar-refractivity contribution in [1.82, 2.24) is 0 Å². The molecule has 3 nitrogen and oxygen atoms in total. The van der Waals surface area contributed by atoms with Gasteiger partial charge < -0.3 is 14.0 Å². The summed E-state index contributed by atoms with van der Waals surface area (Å²) in [4.78, 5) is 0. The van der Waals surface area contributed by atoms with Crippen LogP contribution >= 0.6 is 0 Å². The summed E-state index contributed by atoms with van der Waals surface area (Å²) in [6.07, 6.45) is 2.25. The van der Waals surface area contributed by atoms with Gasteiger partial charge in [0.05, 0.1) is 11.2 Å². The van der Waals surface area contributed by atoms with Crippen molar-refractivity contribution in [3.8, 4) is 0 Å². The summed E-state index contributed by atoms with van der Waals surface area (Å²) >= 11 is 0. The van der Waals surface area contributed by atoms with Gasteiger partial charge in [-0.05, 0) is 76.7 Å². The highest BCUT2D eigenvalue weighted by molar-refractivity contribution is 6.62. The Bertz CT molecular complexity index is 718. The van der Waals surface area contributed by atoms with E-state index in [4.69, 9.17) is 14.0 Å². The molecule has 3 aliphatic rings. The molecule has 2 bridgehead atoms. The summed E-state index contributed by atoms with van der Waals surface area (Å²) in [5, 5.41) is 0.